The summed E-state index contributed by atoms with van der Waals surface area (Å²) in [5.74, 6) is 0.238. The SMILES string of the molecule is OB(O)c1ccc2ccc3c(O)ccc4ccc1c2c43. The summed E-state index contributed by atoms with van der Waals surface area (Å²) < 4.78 is 0. The Balaban J connectivity index is 2.35. The van der Waals surface area contributed by atoms with Gasteiger partial charge in [-0.05, 0) is 33.1 Å². The lowest BCUT2D eigenvalue weighted by atomic mass is 9.75. The topological polar surface area (TPSA) is 60.7 Å². The Morgan fingerprint density at radius 1 is 0.650 bits per heavy atom. The summed E-state index contributed by atoms with van der Waals surface area (Å²) in [5.41, 5.74) is 0.482. The van der Waals surface area contributed by atoms with Crippen molar-refractivity contribution in [1.82, 2.24) is 0 Å². The smallest absolute Gasteiger partial charge is 0.489 e. The molecule has 0 fully saturated rings. The molecule has 0 heterocycles. The fourth-order valence-electron chi connectivity index (χ4n) is 3.03. The molecule has 0 atom stereocenters. The largest absolute Gasteiger partial charge is 0.507 e. The fraction of sp³-hybridized carbons (Fsp3) is 0. The highest BCUT2D eigenvalue weighted by molar-refractivity contribution is 6.62. The Morgan fingerprint density at radius 2 is 1.20 bits per heavy atom. The third kappa shape index (κ3) is 1.37. The van der Waals surface area contributed by atoms with Gasteiger partial charge in [-0.15, -0.1) is 0 Å². The van der Waals surface area contributed by atoms with E-state index in [-0.39, 0.29) is 5.75 Å². The molecule has 4 aromatic rings. The highest BCUT2D eigenvalue weighted by Gasteiger charge is 2.18. The highest BCUT2D eigenvalue weighted by atomic mass is 16.4. The molecule has 0 aromatic heterocycles. The summed E-state index contributed by atoms with van der Waals surface area (Å²) in [6.07, 6.45) is 0. The minimum atomic E-state index is -1.51. The lowest BCUT2D eigenvalue weighted by Crippen LogP contribution is -2.30. The molecule has 4 aromatic carbocycles. The average molecular weight is 262 g/mol. The summed E-state index contributed by atoms with van der Waals surface area (Å²) in [4.78, 5) is 0. The number of aromatic hydroxyl groups is 1. The van der Waals surface area contributed by atoms with Gasteiger partial charge in [0, 0.05) is 10.8 Å². The Labute approximate surface area is 115 Å². The molecular formula is C16H11BO3. The zero-order valence-corrected chi connectivity index (χ0v) is 10.5. The predicted molar refractivity (Wildman–Crippen MR) is 81.6 cm³/mol. The van der Waals surface area contributed by atoms with Gasteiger partial charge in [0.25, 0.3) is 0 Å². The molecular weight excluding hydrogens is 251 g/mol. The molecule has 0 saturated heterocycles. The van der Waals surface area contributed by atoms with Crippen LogP contribution in [0.15, 0.2) is 48.5 Å². The van der Waals surface area contributed by atoms with Gasteiger partial charge in [0.05, 0.1) is 0 Å². The fourth-order valence-corrected chi connectivity index (χ4v) is 3.03. The molecule has 0 aliphatic heterocycles. The molecule has 0 amide bonds. The standard InChI is InChI=1S/C16H11BO3/c18-14-8-4-10-1-5-11-13(17(19)20)7-3-9-2-6-12(14)16(10)15(9)11/h1-8,18-20H. The molecule has 4 heteroatoms. The Bertz CT molecular complexity index is 946. The number of hydrogen-bond donors (Lipinski definition) is 3. The van der Waals surface area contributed by atoms with Gasteiger partial charge in [-0.25, -0.2) is 0 Å². The van der Waals surface area contributed by atoms with Crippen molar-refractivity contribution in [3.8, 4) is 5.75 Å². The van der Waals surface area contributed by atoms with Crippen LogP contribution < -0.4 is 5.46 Å². The first-order chi connectivity index (χ1) is 9.66. The summed E-state index contributed by atoms with van der Waals surface area (Å²) >= 11 is 0. The van der Waals surface area contributed by atoms with Gasteiger partial charge in [-0.1, -0.05) is 42.5 Å². The number of phenolic OH excluding ortho intramolecular Hbond substituents is 1. The highest BCUT2D eigenvalue weighted by Crippen LogP contribution is 2.37. The molecule has 0 radical (unpaired) electrons. The van der Waals surface area contributed by atoms with E-state index in [0.29, 0.717) is 5.46 Å². The Kier molecular flexibility index (Phi) is 2.22. The molecule has 3 nitrogen and oxygen atoms in total. The molecule has 4 rings (SSSR count). The van der Waals surface area contributed by atoms with E-state index < -0.39 is 7.12 Å². The van der Waals surface area contributed by atoms with Crippen LogP contribution in [-0.4, -0.2) is 22.3 Å². The second-order valence-electron chi connectivity index (χ2n) is 5.04. The van der Waals surface area contributed by atoms with Crippen molar-refractivity contribution in [2.75, 3.05) is 0 Å². The average Bonchev–Trinajstić information content (AvgIpc) is 2.46. The van der Waals surface area contributed by atoms with Crippen LogP contribution >= 0.6 is 0 Å². The van der Waals surface area contributed by atoms with Gasteiger partial charge in [0.15, 0.2) is 0 Å². The molecule has 0 saturated carbocycles. The van der Waals surface area contributed by atoms with Gasteiger partial charge in [-0.3, -0.25) is 0 Å². The Hall–Kier alpha value is -2.30. The summed E-state index contributed by atoms with van der Waals surface area (Å²) in [5, 5.41) is 34.6. The van der Waals surface area contributed by atoms with E-state index in [4.69, 9.17) is 0 Å². The molecule has 0 bridgehead atoms. The van der Waals surface area contributed by atoms with Crippen molar-refractivity contribution >= 4 is 44.9 Å². The van der Waals surface area contributed by atoms with Crippen LogP contribution in [-0.2, 0) is 0 Å². The van der Waals surface area contributed by atoms with E-state index in [1.807, 2.05) is 36.4 Å². The van der Waals surface area contributed by atoms with Crippen LogP contribution in [0.2, 0.25) is 0 Å². The van der Waals surface area contributed by atoms with Crippen LogP contribution in [0.1, 0.15) is 0 Å². The molecule has 0 spiro atoms. The van der Waals surface area contributed by atoms with E-state index in [0.717, 1.165) is 32.3 Å². The van der Waals surface area contributed by atoms with Crippen molar-refractivity contribution in [2.24, 2.45) is 0 Å². The van der Waals surface area contributed by atoms with Gasteiger partial charge >= 0.3 is 7.12 Å². The second kappa shape index (κ2) is 3.85. The first-order valence-corrected chi connectivity index (χ1v) is 6.42. The number of benzene rings is 4. The third-order valence-electron chi connectivity index (χ3n) is 3.95. The van der Waals surface area contributed by atoms with Crippen LogP contribution in [0.4, 0.5) is 0 Å². The number of rotatable bonds is 1. The zero-order chi connectivity index (χ0) is 13.9. The molecule has 96 valence electrons. The number of hydrogen-bond acceptors (Lipinski definition) is 3. The summed E-state index contributed by atoms with van der Waals surface area (Å²) in [6.45, 7) is 0. The first kappa shape index (κ1) is 11.5. The van der Waals surface area contributed by atoms with Gasteiger partial charge in [0.1, 0.15) is 5.75 Å². The van der Waals surface area contributed by atoms with Gasteiger partial charge in [0.2, 0.25) is 0 Å². The molecule has 0 unspecified atom stereocenters. The zero-order valence-electron chi connectivity index (χ0n) is 10.5. The second-order valence-corrected chi connectivity index (χ2v) is 5.04. The van der Waals surface area contributed by atoms with E-state index >= 15 is 0 Å². The van der Waals surface area contributed by atoms with Crippen molar-refractivity contribution in [1.29, 1.82) is 0 Å². The summed E-state index contributed by atoms with van der Waals surface area (Å²) in [7, 11) is -1.51. The predicted octanol–water partition coefficient (Wildman–Crippen LogP) is 1.97. The molecule has 0 aliphatic carbocycles. The van der Waals surface area contributed by atoms with Gasteiger partial charge < -0.3 is 15.2 Å². The van der Waals surface area contributed by atoms with Crippen LogP contribution in [0.25, 0.3) is 32.3 Å². The normalized spacial score (nSPS) is 11.7. The van der Waals surface area contributed by atoms with Crippen LogP contribution in [0.3, 0.4) is 0 Å². The Morgan fingerprint density at radius 3 is 1.90 bits per heavy atom. The monoisotopic (exact) mass is 262 g/mol. The molecule has 0 aliphatic rings. The number of phenols is 1. The van der Waals surface area contributed by atoms with E-state index in [9.17, 15) is 15.2 Å². The van der Waals surface area contributed by atoms with Crippen molar-refractivity contribution in [3.63, 3.8) is 0 Å². The maximum Gasteiger partial charge on any atom is 0.489 e. The van der Waals surface area contributed by atoms with Gasteiger partial charge in [-0.2, -0.15) is 0 Å². The molecule has 3 N–H and O–H groups in total. The van der Waals surface area contributed by atoms with E-state index in [2.05, 4.69) is 0 Å². The first-order valence-electron chi connectivity index (χ1n) is 6.42. The lowest BCUT2D eigenvalue weighted by Gasteiger charge is -2.14. The maximum atomic E-state index is 10.0. The maximum absolute atomic E-state index is 10.0. The van der Waals surface area contributed by atoms with Crippen molar-refractivity contribution in [2.45, 2.75) is 0 Å². The summed E-state index contributed by atoms with van der Waals surface area (Å²) in [6, 6.07) is 14.8. The quantitative estimate of drug-likeness (QED) is 0.363. The van der Waals surface area contributed by atoms with Crippen molar-refractivity contribution < 1.29 is 15.2 Å². The minimum absolute atomic E-state index is 0.238. The van der Waals surface area contributed by atoms with Crippen LogP contribution in [0.5, 0.6) is 5.75 Å². The lowest BCUT2D eigenvalue weighted by molar-refractivity contribution is 0.426. The van der Waals surface area contributed by atoms with Crippen molar-refractivity contribution in [3.05, 3.63) is 48.5 Å². The third-order valence-corrected chi connectivity index (χ3v) is 3.95. The van der Waals surface area contributed by atoms with Crippen LogP contribution in [0, 0.1) is 0 Å². The minimum Gasteiger partial charge on any atom is -0.507 e. The van der Waals surface area contributed by atoms with E-state index in [1.54, 1.807) is 12.1 Å². The van der Waals surface area contributed by atoms with E-state index in [1.165, 1.54) is 0 Å². The molecule has 20 heavy (non-hydrogen) atoms.